The van der Waals surface area contributed by atoms with Crippen LogP contribution in [0.2, 0.25) is 0 Å². The van der Waals surface area contributed by atoms with Crippen LogP contribution < -0.4 is 0 Å². The smallest absolute Gasteiger partial charge is 0.231 e. The van der Waals surface area contributed by atoms with E-state index in [9.17, 15) is 9.18 Å². The lowest BCUT2D eigenvalue weighted by atomic mass is 9.89. The van der Waals surface area contributed by atoms with Crippen LogP contribution in [-0.4, -0.2) is 22.7 Å². The molecule has 1 amide bonds. The fourth-order valence-electron chi connectivity index (χ4n) is 3.56. The van der Waals surface area contributed by atoms with Gasteiger partial charge in [0.1, 0.15) is 5.82 Å². The molecule has 0 spiro atoms. The van der Waals surface area contributed by atoms with Gasteiger partial charge in [0.15, 0.2) is 0 Å². The summed E-state index contributed by atoms with van der Waals surface area (Å²) in [6.07, 6.45) is 0. The highest BCUT2D eigenvalue weighted by molar-refractivity contribution is 9.09. The second kappa shape index (κ2) is 6.67. The minimum atomic E-state index is -0.402. The standard InChI is InChI=1S/C20H21BrFNO/c1-20(2,16-8-4-3-5-9-16)23-13-15(12-21)18(19(23)24)14-7-6-10-17(22)11-14/h3-11,15,18H,12-13H2,1-2H3. The lowest BCUT2D eigenvalue weighted by molar-refractivity contribution is -0.133. The molecule has 2 nitrogen and oxygen atoms in total. The molecule has 0 N–H and O–H groups in total. The third-order valence-electron chi connectivity index (χ3n) is 4.98. The maximum atomic E-state index is 13.6. The van der Waals surface area contributed by atoms with Crippen molar-refractivity contribution in [2.75, 3.05) is 11.9 Å². The van der Waals surface area contributed by atoms with E-state index in [4.69, 9.17) is 0 Å². The Morgan fingerprint density at radius 1 is 1.17 bits per heavy atom. The molecule has 2 atom stereocenters. The fourth-order valence-corrected chi connectivity index (χ4v) is 4.14. The molecular weight excluding hydrogens is 369 g/mol. The van der Waals surface area contributed by atoms with E-state index in [1.165, 1.54) is 12.1 Å². The van der Waals surface area contributed by atoms with Crippen LogP contribution in [0.25, 0.3) is 0 Å². The van der Waals surface area contributed by atoms with E-state index in [0.717, 1.165) is 11.1 Å². The third-order valence-corrected chi connectivity index (χ3v) is 5.81. The van der Waals surface area contributed by atoms with Crippen molar-refractivity contribution in [1.82, 2.24) is 4.90 Å². The largest absolute Gasteiger partial charge is 0.333 e. The number of nitrogens with zero attached hydrogens (tertiary/aromatic N) is 1. The third kappa shape index (κ3) is 3.00. The van der Waals surface area contributed by atoms with Crippen LogP contribution in [0.3, 0.4) is 0 Å². The molecule has 0 saturated carbocycles. The van der Waals surface area contributed by atoms with E-state index in [2.05, 4.69) is 29.8 Å². The van der Waals surface area contributed by atoms with Gasteiger partial charge < -0.3 is 4.90 Å². The van der Waals surface area contributed by atoms with Crippen molar-refractivity contribution in [1.29, 1.82) is 0 Å². The summed E-state index contributed by atoms with van der Waals surface area (Å²) in [4.78, 5) is 15.1. The summed E-state index contributed by atoms with van der Waals surface area (Å²) in [5.74, 6) is -0.404. The predicted octanol–water partition coefficient (Wildman–Crippen LogP) is 4.70. The van der Waals surface area contributed by atoms with Crippen LogP contribution in [0.5, 0.6) is 0 Å². The SMILES string of the molecule is CC(C)(c1ccccc1)N1CC(CBr)C(c2cccc(F)c2)C1=O. The molecule has 1 fully saturated rings. The second-order valence-electron chi connectivity index (χ2n) is 6.82. The quantitative estimate of drug-likeness (QED) is 0.694. The monoisotopic (exact) mass is 389 g/mol. The highest BCUT2D eigenvalue weighted by Crippen LogP contribution is 2.41. The molecular formula is C20H21BrFNO. The molecule has 0 aliphatic carbocycles. The summed E-state index contributed by atoms with van der Waals surface area (Å²) in [6, 6.07) is 16.5. The van der Waals surface area contributed by atoms with Gasteiger partial charge >= 0.3 is 0 Å². The van der Waals surface area contributed by atoms with Crippen LogP contribution in [0.1, 0.15) is 30.9 Å². The Morgan fingerprint density at radius 2 is 1.88 bits per heavy atom. The van der Waals surface area contributed by atoms with Gasteiger partial charge in [0, 0.05) is 17.8 Å². The summed E-state index contributed by atoms with van der Waals surface area (Å²) < 4.78 is 13.6. The fraction of sp³-hybridized carbons (Fsp3) is 0.350. The first kappa shape index (κ1) is 17.2. The Labute approximate surface area is 150 Å². The lowest BCUT2D eigenvalue weighted by Gasteiger charge is -2.36. The highest BCUT2D eigenvalue weighted by atomic mass is 79.9. The number of hydrogen-bond acceptors (Lipinski definition) is 1. The average Bonchev–Trinajstić information content (AvgIpc) is 2.93. The van der Waals surface area contributed by atoms with Crippen LogP contribution >= 0.6 is 15.9 Å². The van der Waals surface area contributed by atoms with Gasteiger partial charge in [-0.15, -0.1) is 0 Å². The maximum Gasteiger partial charge on any atom is 0.231 e. The Balaban J connectivity index is 1.96. The van der Waals surface area contributed by atoms with Crippen molar-refractivity contribution in [3.63, 3.8) is 0 Å². The second-order valence-corrected chi connectivity index (χ2v) is 7.47. The predicted molar refractivity (Wildman–Crippen MR) is 97.6 cm³/mol. The van der Waals surface area contributed by atoms with Crippen molar-refractivity contribution in [2.45, 2.75) is 25.3 Å². The van der Waals surface area contributed by atoms with E-state index in [1.807, 2.05) is 41.3 Å². The topological polar surface area (TPSA) is 20.3 Å². The highest BCUT2D eigenvalue weighted by Gasteiger charge is 2.46. The minimum absolute atomic E-state index is 0.0684. The lowest BCUT2D eigenvalue weighted by Crippen LogP contribution is -2.43. The molecule has 0 aromatic heterocycles. The maximum absolute atomic E-state index is 13.6. The number of benzene rings is 2. The number of alkyl halides is 1. The molecule has 1 saturated heterocycles. The molecule has 1 aliphatic rings. The number of amides is 1. The van der Waals surface area contributed by atoms with E-state index in [-0.39, 0.29) is 23.6 Å². The number of carbonyl (C=O) groups is 1. The summed E-state index contributed by atoms with van der Waals surface area (Å²) in [5, 5.41) is 0.710. The Bertz CT molecular complexity index is 731. The number of likely N-dealkylation sites (tertiary alicyclic amines) is 1. The van der Waals surface area contributed by atoms with Gasteiger partial charge in [-0.25, -0.2) is 4.39 Å². The van der Waals surface area contributed by atoms with E-state index < -0.39 is 5.54 Å². The molecule has 0 bridgehead atoms. The summed E-state index contributed by atoms with van der Waals surface area (Å²) in [7, 11) is 0. The van der Waals surface area contributed by atoms with Crippen LogP contribution in [0, 0.1) is 11.7 Å². The molecule has 4 heteroatoms. The molecule has 3 rings (SSSR count). The van der Waals surface area contributed by atoms with Crippen molar-refractivity contribution in [2.24, 2.45) is 5.92 Å². The Morgan fingerprint density at radius 3 is 2.50 bits per heavy atom. The first-order valence-corrected chi connectivity index (χ1v) is 9.25. The Hall–Kier alpha value is -1.68. The number of halogens is 2. The van der Waals surface area contributed by atoms with Gasteiger partial charge in [-0.3, -0.25) is 4.79 Å². The molecule has 2 aromatic rings. The zero-order valence-corrected chi connectivity index (χ0v) is 15.5. The summed E-state index contributed by atoms with van der Waals surface area (Å²) >= 11 is 3.54. The van der Waals surface area contributed by atoms with Gasteiger partial charge in [0.05, 0.1) is 11.5 Å². The van der Waals surface area contributed by atoms with Gasteiger partial charge in [-0.2, -0.15) is 0 Å². The number of hydrogen-bond donors (Lipinski definition) is 0. The molecule has 1 heterocycles. The number of rotatable bonds is 4. The number of carbonyl (C=O) groups excluding carboxylic acids is 1. The van der Waals surface area contributed by atoms with E-state index in [1.54, 1.807) is 6.07 Å². The molecule has 2 unspecified atom stereocenters. The molecule has 126 valence electrons. The Kier molecular flexibility index (Phi) is 4.77. The zero-order valence-electron chi connectivity index (χ0n) is 13.9. The van der Waals surface area contributed by atoms with Gasteiger partial charge in [-0.1, -0.05) is 58.4 Å². The van der Waals surface area contributed by atoms with Crippen LogP contribution in [-0.2, 0) is 10.3 Å². The zero-order chi connectivity index (χ0) is 17.3. The van der Waals surface area contributed by atoms with Crippen molar-refractivity contribution < 1.29 is 9.18 Å². The van der Waals surface area contributed by atoms with Crippen LogP contribution in [0.4, 0.5) is 4.39 Å². The molecule has 0 radical (unpaired) electrons. The molecule has 24 heavy (non-hydrogen) atoms. The minimum Gasteiger partial charge on any atom is -0.333 e. The van der Waals surface area contributed by atoms with E-state index >= 15 is 0 Å². The van der Waals surface area contributed by atoms with Crippen molar-refractivity contribution in [3.05, 3.63) is 71.5 Å². The normalized spacial score (nSPS) is 21.3. The molecule has 2 aromatic carbocycles. The van der Waals surface area contributed by atoms with Crippen molar-refractivity contribution in [3.8, 4) is 0 Å². The van der Waals surface area contributed by atoms with Gasteiger partial charge in [-0.05, 0) is 37.1 Å². The summed E-state index contributed by atoms with van der Waals surface area (Å²) in [6.45, 7) is 4.80. The van der Waals surface area contributed by atoms with Crippen LogP contribution in [0.15, 0.2) is 54.6 Å². The van der Waals surface area contributed by atoms with Gasteiger partial charge in [0.25, 0.3) is 0 Å². The van der Waals surface area contributed by atoms with Gasteiger partial charge in [0.2, 0.25) is 5.91 Å². The first-order chi connectivity index (χ1) is 11.4. The molecule has 1 aliphatic heterocycles. The first-order valence-electron chi connectivity index (χ1n) is 8.13. The summed E-state index contributed by atoms with van der Waals surface area (Å²) in [5.41, 5.74) is 1.46. The van der Waals surface area contributed by atoms with E-state index in [0.29, 0.717) is 11.9 Å². The average molecular weight is 390 g/mol. The van der Waals surface area contributed by atoms with Crippen molar-refractivity contribution >= 4 is 21.8 Å².